The third-order valence-corrected chi connectivity index (χ3v) is 8.83. The highest BCUT2D eigenvalue weighted by atomic mass is 17.3. The molecule has 4 saturated heterocycles. The molecule has 5 aliphatic rings. The summed E-state index contributed by atoms with van der Waals surface area (Å²) in [7, 11) is 0. The predicted molar refractivity (Wildman–Crippen MR) is 128 cm³/mol. The Morgan fingerprint density at radius 3 is 2.23 bits per heavy atom. The Balaban J connectivity index is 1.31. The van der Waals surface area contributed by atoms with Gasteiger partial charge < -0.3 is 14.2 Å². The molecule has 0 radical (unpaired) electrons. The summed E-state index contributed by atoms with van der Waals surface area (Å²) in [4.78, 5) is 25.8. The average Bonchev–Trinajstić information content (AvgIpc) is 3.10. The molecule has 6 nitrogen and oxygen atoms in total. The second kappa shape index (κ2) is 8.70. The zero-order valence-electron chi connectivity index (χ0n) is 20.6. The Morgan fingerprint density at radius 2 is 1.57 bits per heavy atom. The van der Waals surface area contributed by atoms with Gasteiger partial charge in [-0.25, -0.2) is 9.78 Å². The highest BCUT2D eigenvalue weighted by Crippen LogP contribution is 2.60. The van der Waals surface area contributed by atoms with Crippen LogP contribution < -0.4 is 0 Å². The van der Waals surface area contributed by atoms with Crippen LogP contribution in [0.15, 0.2) is 60.7 Å². The first kappa shape index (κ1) is 23.2. The van der Waals surface area contributed by atoms with Gasteiger partial charge in [-0.2, -0.15) is 0 Å². The normalized spacial score (nSPS) is 40.1. The van der Waals surface area contributed by atoms with Crippen molar-refractivity contribution in [3.05, 3.63) is 71.8 Å². The monoisotopic (exact) mass is 478 g/mol. The van der Waals surface area contributed by atoms with Gasteiger partial charge in [-0.05, 0) is 49.1 Å². The minimum Gasteiger partial charge on any atom is -0.435 e. The topological polar surface area (TPSA) is 63.2 Å². The van der Waals surface area contributed by atoms with E-state index in [1.165, 1.54) is 0 Å². The quantitative estimate of drug-likeness (QED) is 0.423. The van der Waals surface area contributed by atoms with Crippen molar-refractivity contribution in [1.29, 1.82) is 0 Å². The third-order valence-electron chi connectivity index (χ3n) is 8.83. The van der Waals surface area contributed by atoms with Gasteiger partial charge in [-0.1, -0.05) is 74.5 Å². The van der Waals surface area contributed by atoms with Crippen molar-refractivity contribution < 1.29 is 28.8 Å². The van der Waals surface area contributed by atoms with Gasteiger partial charge in [0.2, 0.25) is 12.1 Å². The molecule has 1 saturated carbocycles. The van der Waals surface area contributed by atoms with Crippen molar-refractivity contribution in [1.82, 2.24) is 0 Å². The van der Waals surface area contributed by atoms with Crippen LogP contribution in [0.3, 0.4) is 0 Å². The Hall–Kier alpha value is -2.25. The largest absolute Gasteiger partial charge is 0.435 e. The van der Waals surface area contributed by atoms with Gasteiger partial charge in [0.05, 0.1) is 0 Å². The van der Waals surface area contributed by atoms with E-state index in [1.807, 2.05) is 67.6 Å². The van der Waals surface area contributed by atoms with Crippen molar-refractivity contribution in [3.8, 4) is 0 Å². The standard InChI is InChI=1S/C29H34O6/c1-18-14-15-23-19(2)26(32-27-29(23)22(18)16-17-28(3,33-27)34-35-29)31-25(30)24(20-10-6-4-7-11-20)21-12-8-5-9-13-21/h4-13,18-19,22-24,26-27H,14-17H2,1-3H3/t18-,19-,22+,23+,26-,27-,28-,29-/m1/s1. The number of fused-ring (bicyclic) bond motifs is 2. The second-order valence-corrected chi connectivity index (χ2v) is 11.0. The summed E-state index contributed by atoms with van der Waals surface area (Å²) >= 11 is 0. The lowest BCUT2D eigenvalue weighted by molar-refractivity contribution is -0.576. The first-order valence-corrected chi connectivity index (χ1v) is 12.9. The lowest BCUT2D eigenvalue weighted by Gasteiger charge is -2.60. The van der Waals surface area contributed by atoms with Crippen molar-refractivity contribution in [3.63, 3.8) is 0 Å². The summed E-state index contributed by atoms with van der Waals surface area (Å²) in [5.41, 5.74) is 1.11. The van der Waals surface area contributed by atoms with Crippen LogP contribution in [0, 0.1) is 23.7 Å². The molecule has 0 unspecified atom stereocenters. The molecule has 6 heteroatoms. The lowest BCUT2D eigenvalue weighted by atomic mass is 9.58. The predicted octanol–water partition coefficient (Wildman–Crippen LogP) is 5.57. The van der Waals surface area contributed by atoms with E-state index in [-0.39, 0.29) is 23.7 Å². The van der Waals surface area contributed by atoms with Gasteiger partial charge in [-0.3, -0.25) is 4.79 Å². The van der Waals surface area contributed by atoms with Crippen LogP contribution in [0.5, 0.6) is 0 Å². The number of esters is 1. The minimum absolute atomic E-state index is 0.0629. The molecule has 186 valence electrons. The summed E-state index contributed by atoms with van der Waals surface area (Å²) in [5.74, 6) is -0.914. The van der Waals surface area contributed by atoms with Gasteiger partial charge in [0.25, 0.3) is 0 Å². The Labute approximate surface area is 206 Å². The van der Waals surface area contributed by atoms with E-state index in [0.717, 1.165) is 36.8 Å². The van der Waals surface area contributed by atoms with Crippen LogP contribution in [-0.4, -0.2) is 29.9 Å². The summed E-state index contributed by atoms with van der Waals surface area (Å²) in [6.45, 7) is 6.29. The van der Waals surface area contributed by atoms with Crippen molar-refractivity contribution in [2.75, 3.05) is 0 Å². The first-order chi connectivity index (χ1) is 16.9. The molecule has 0 amide bonds. The van der Waals surface area contributed by atoms with E-state index in [4.69, 9.17) is 24.0 Å². The van der Waals surface area contributed by atoms with Crippen molar-refractivity contribution >= 4 is 5.97 Å². The Bertz CT molecular complexity index is 1020. The zero-order chi connectivity index (χ0) is 24.2. The molecule has 2 bridgehead atoms. The molecule has 4 heterocycles. The highest BCUT2D eigenvalue weighted by Gasteiger charge is 2.69. The van der Waals surface area contributed by atoms with E-state index in [1.54, 1.807) is 0 Å². The third kappa shape index (κ3) is 3.73. The second-order valence-electron chi connectivity index (χ2n) is 11.0. The molecule has 4 aliphatic heterocycles. The molecule has 1 spiro atoms. The number of ether oxygens (including phenoxy) is 3. The van der Waals surface area contributed by atoms with E-state index in [0.29, 0.717) is 5.92 Å². The number of carbonyl (C=O) groups excluding carboxylic acids is 1. The molecule has 5 fully saturated rings. The Morgan fingerprint density at radius 1 is 0.914 bits per heavy atom. The first-order valence-electron chi connectivity index (χ1n) is 12.9. The molecular formula is C29H34O6. The van der Waals surface area contributed by atoms with E-state index >= 15 is 0 Å². The summed E-state index contributed by atoms with van der Waals surface area (Å²) in [6.07, 6.45) is 2.41. The van der Waals surface area contributed by atoms with Gasteiger partial charge in [0.15, 0.2) is 11.9 Å². The smallest absolute Gasteiger partial charge is 0.320 e. The van der Waals surface area contributed by atoms with Crippen LogP contribution >= 0.6 is 0 Å². The van der Waals surface area contributed by atoms with Gasteiger partial charge in [0.1, 0.15) is 5.92 Å². The van der Waals surface area contributed by atoms with Gasteiger partial charge in [0, 0.05) is 18.3 Å². The SMILES string of the molecule is C[C@H]1[C@H](OC(=O)C(c2ccccc2)c2ccccc2)O[C@@H]2O[C@@]3(C)CC[C@H]4[C@H](C)CC[C@@H]1[C@@]24OO3. The molecule has 2 aromatic rings. The van der Waals surface area contributed by atoms with Gasteiger partial charge >= 0.3 is 5.97 Å². The summed E-state index contributed by atoms with van der Waals surface area (Å²) in [6, 6.07) is 19.5. The number of hydrogen-bond acceptors (Lipinski definition) is 6. The van der Waals surface area contributed by atoms with Crippen LogP contribution in [0.2, 0.25) is 0 Å². The number of benzene rings is 2. The van der Waals surface area contributed by atoms with Gasteiger partial charge in [-0.15, -0.1) is 0 Å². The van der Waals surface area contributed by atoms with Crippen LogP contribution in [0.25, 0.3) is 0 Å². The number of hydrogen-bond donors (Lipinski definition) is 0. The molecule has 2 aromatic carbocycles. The molecule has 1 aliphatic carbocycles. The maximum Gasteiger partial charge on any atom is 0.320 e. The van der Waals surface area contributed by atoms with Crippen molar-refractivity contribution in [2.45, 2.75) is 76.3 Å². The van der Waals surface area contributed by atoms with E-state index in [2.05, 4.69) is 13.8 Å². The van der Waals surface area contributed by atoms with Crippen molar-refractivity contribution in [2.24, 2.45) is 23.7 Å². The van der Waals surface area contributed by atoms with Crippen LogP contribution in [-0.2, 0) is 28.8 Å². The highest BCUT2D eigenvalue weighted by molar-refractivity contribution is 5.82. The van der Waals surface area contributed by atoms with E-state index in [9.17, 15) is 4.79 Å². The Kier molecular flexibility index (Phi) is 5.76. The lowest BCUT2D eigenvalue weighted by Crippen LogP contribution is -2.70. The maximum absolute atomic E-state index is 13.7. The molecule has 0 aromatic heterocycles. The number of carbonyl (C=O) groups is 1. The molecule has 0 N–H and O–H groups in total. The average molecular weight is 479 g/mol. The minimum atomic E-state index is -0.858. The fourth-order valence-electron chi connectivity index (χ4n) is 6.94. The summed E-state index contributed by atoms with van der Waals surface area (Å²) < 4.78 is 19.1. The van der Waals surface area contributed by atoms with E-state index < -0.39 is 29.9 Å². The summed E-state index contributed by atoms with van der Waals surface area (Å²) in [5, 5.41) is 0. The van der Waals surface area contributed by atoms with Crippen LogP contribution in [0.4, 0.5) is 0 Å². The maximum atomic E-state index is 13.7. The zero-order valence-corrected chi connectivity index (χ0v) is 20.6. The number of rotatable bonds is 4. The molecule has 7 rings (SSSR count). The fourth-order valence-corrected chi connectivity index (χ4v) is 6.94. The molecule has 8 atom stereocenters. The molecular weight excluding hydrogens is 444 g/mol. The molecule has 35 heavy (non-hydrogen) atoms. The van der Waals surface area contributed by atoms with Crippen LogP contribution in [0.1, 0.15) is 63.5 Å². The fraction of sp³-hybridized carbons (Fsp3) is 0.552.